The van der Waals surface area contributed by atoms with Crippen LogP contribution in [0.2, 0.25) is 0 Å². The Kier molecular flexibility index (Phi) is 11.4. The molecule has 7 aromatic rings. The Bertz CT molecular complexity index is 3140. The molecule has 4 aromatic carbocycles. The lowest BCUT2D eigenvalue weighted by Crippen LogP contribution is -2.61. The van der Waals surface area contributed by atoms with Crippen molar-refractivity contribution in [3.05, 3.63) is 148 Å². The predicted octanol–water partition coefficient (Wildman–Crippen LogP) is 8.62. The summed E-state index contributed by atoms with van der Waals surface area (Å²) in [5.74, 6) is -0.226. The maximum Gasteiger partial charge on any atom is 0.407 e. The topological polar surface area (TPSA) is 158 Å². The summed E-state index contributed by atoms with van der Waals surface area (Å²) in [5.41, 5.74) is 5.86. The number of halogens is 1. The number of anilines is 1. The predicted molar refractivity (Wildman–Crippen MR) is 262 cm³/mol. The SMILES string of the molecule is C[C@@H]1CN(C2CCN(c3nc(C(CNC(=O)OCC4c5ccccc5-c5ccccc54)(OC4CC4)c4ccccc4F)c4cc(-c5cn(C)c(=O)c6[nH]ccc56)ccc4n3)CC2)[C@@H](C)CN1C(=O)O. The monoisotopic (exact) mass is 930 g/mol. The number of hydrogen-bond donors (Lipinski definition) is 3. The minimum absolute atomic E-state index is 0.0658. The van der Waals surface area contributed by atoms with E-state index in [9.17, 15) is 19.5 Å². The van der Waals surface area contributed by atoms with E-state index in [1.54, 1.807) is 36.0 Å². The van der Waals surface area contributed by atoms with Crippen molar-refractivity contribution in [2.75, 3.05) is 44.2 Å². The van der Waals surface area contributed by atoms with Crippen LogP contribution in [0.25, 0.3) is 44.1 Å². The van der Waals surface area contributed by atoms with Gasteiger partial charge < -0.3 is 39.2 Å². The van der Waals surface area contributed by atoms with Gasteiger partial charge in [0.1, 0.15) is 17.9 Å². The molecule has 1 unspecified atom stereocenters. The van der Waals surface area contributed by atoms with Crippen LogP contribution >= 0.6 is 0 Å². The first-order valence-electron chi connectivity index (χ1n) is 24.0. The van der Waals surface area contributed by atoms with Gasteiger partial charge >= 0.3 is 12.2 Å². The third kappa shape index (κ3) is 8.06. The first-order chi connectivity index (χ1) is 33.5. The van der Waals surface area contributed by atoms with Crippen LogP contribution in [-0.4, -0.2) is 110 Å². The lowest BCUT2D eigenvalue weighted by atomic mass is 9.86. The molecule has 4 aliphatic rings. The number of fused-ring (bicyclic) bond motifs is 5. The van der Waals surface area contributed by atoms with Gasteiger partial charge in [0, 0.05) is 91.6 Å². The Balaban J connectivity index is 0.987. The number of aromatic nitrogens is 4. The second-order valence-electron chi connectivity index (χ2n) is 19.2. The average molecular weight is 931 g/mol. The van der Waals surface area contributed by atoms with E-state index >= 15 is 4.39 Å². The molecule has 3 N–H and O–H groups in total. The number of rotatable bonds is 11. The van der Waals surface area contributed by atoms with Gasteiger partial charge in [-0.1, -0.05) is 72.8 Å². The lowest BCUT2D eigenvalue weighted by Gasteiger charge is -2.48. The molecule has 14 nitrogen and oxygen atoms in total. The smallest absolute Gasteiger partial charge is 0.407 e. The summed E-state index contributed by atoms with van der Waals surface area (Å²) >= 11 is 0. The third-order valence-corrected chi connectivity index (χ3v) is 14.8. The molecule has 1 saturated carbocycles. The average Bonchev–Trinajstić information content (AvgIpc) is 3.93. The zero-order valence-electron chi connectivity index (χ0n) is 38.9. The van der Waals surface area contributed by atoms with Gasteiger partial charge in [-0.2, -0.15) is 0 Å². The van der Waals surface area contributed by atoms with Gasteiger partial charge in [0.25, 0.3) is 5.56 Å². The van der Waals surface area contributed by atoms with Gasteiger partial charge in [0.05, 0.1) is 23.9 Å². The number of carbonyl (C=O) groups is 2. The van der Waals surface area contributed by atoms with E-state index < -0.39 is 23.6 Å². The van der Waals surface area contributed by atoms with E-state index in [1.807, 2.05) is 61.7 Å². The number of benzene rings is 4. The first-order valence-corrected chi connectivity index (χ1v) is 24.0. The summed E-state index contributed by atoms with van der Waals surface area (Å²) < 4.78 is 31.6. The summed E-state index contributed by atoms with van der Waals surface area (Å²) in [6, 6.07) is 30.8. The van der Waals surface area contributed by atoms with E-state index in [1.165, 1.54) is 11.0 Å². The molecule has 2 saturated heterocycles. The van der Waals surface area contributed by atoms with Crippen LogP contribution in [0.1, 0.15) is 67.8 Å². The van der Waals surface area contributed by atoms with Gasteiger partial charge in [-0.25, -0.2) is 23.9 Å². The quantitative estimate of drug-likeness (QED) is 0.115. The molecule has 0 bridgehead atoms. The number of amides is 2. The third-order valence-electron chi connectivity index (χ3n) is 14.8. The Morgan fingerprint density at radius 3 is 2.28 bits per heavy atom. The molecule has 0 radical (unpaired) electrons. The Morgan fingerprint density at radius 2 is 1.57 bits per heavy atom. The van der Waals surface area contributed by atoms with Crippen molar-refractivity contribution >= 4 is 39.9 Å². The summed E-state index contributed by atoms with van der Waals surface area (Å²) in [4.78, 5) is 59.2. The van der Waals surface area contributed by atoms with Gasteiger partial charge in [0.2, 0.25) is 5.95 Å². The molecule has 15 heteroatoms. The number of aromatic amines is 1. The summed E-state index contributed by atoms with van der Waals surface area (Å²) in [5, 5.41) is 14.2. The number of ether oxygens (including phenoxy) is 2. The van der Waals surface area contributed by atoms with Gasteiger partial charge in [-0.15, -0.1) is 0 Å². The number of piperazine rings is 1. The fourth-order valence-electron chi connectivity index (χ4n) is 11.1. The fraction of sp³-hybridized carbons (Fsp3) is 0.352. The molecular formula is C54H55FN8O6. The van der Waals surface area contributed by atoms with Gasteiger partial charge in [-0.05, 0) is 91.6 Å². The zero-order valence-corrected chi connectivity index (χ0v) is 38.9. The molecule has 3 fully saturated rings. The highest BCUT2D eigenvalue weighted by Crippen LogP contribution is 2.46. The van der Waals surface area contributed by atoms with Crippen molar-refractivity contribution in [3.8, 4) is 22.3 Å². The number of nitrogens with one attached hydrogen (secondary N) is 2. The lowest BCUT2D eigenvalue weighted by molar-refractivity contribution is -0.0336. The molecule has 5 heterocycles. The molecule has 11 rings (SSSR count). The van der Waals surface area contributed by atoms with E-state index in [4.69, 9.17) is 19.4 Å². The van der Waals surface area contributed by atoms with Crippen LogP contribution in [0.4, 0.5) is 19.9 Å². The van der Waals surface area contributed by atoms with Crippen molar-refractivity contribution in [1.29, 1.82) is 0 Å². The zero-order chi connectivity index (χ0) is 47.6. The normalized spacial score (nSPS) is 19.7. The highest BCUT2D eigenvalue weighted by Gasteiger charge is 2.47. The summed E-state index contributed by atoms with van der Waals surface area (Å²) in [6.45, 7) is 6.31. The van der Waals surface area contributed by atoms with Gasteiger partial charge in [-0.3, -0.25) is 9.69 Å². The molecular weight excluding hydrogens is 876 g/mol. The number of alkyl carbamates (subject to hydrolysis) is 1. The fourth-order valence-corrected chi connectivity index (χ4v) is 11.1. The van der Waals surface area contributed by atoms with Crippen LogP contribution in [0, 0.1) is 5.82 Å². The van der Waals surface area contributed by atoms with Crippen LogP contribution in [0.5, 0.6) is 0 Å². The first kappa shape index (κ1) is 44.4. The number of piperidine rings is 1. The number of carboxylic acid groups (broad SMARTS) is 1. The van der Waals surface area contributed by atoms with Crippen molar-refractivity contribution < 1.29 is 28.6 Å². The van der Waals surface area contributed by atoms with E-state index in [0.717, 1.165) is 64.5 Å². The number of nitrogens with zero attached hydrogens (tertiary/aromatic N) is 6. The van der Waals surface area contributed by atoms with Crippen LogP contribution < -0.4 is 15.8 Å². The second kappa shape index (κ2) is 17.8. The highest BCUT2D eigenvalue weighted by molar-refractivity contribution is 5.97. The molecule has 2 aliphatic carbocycles. The Morgan fingerprint density at radius 1 is 0.855 bits per heavy atom. The highest BCUT2D eigenvalue weighted by atomic mass is 19.1. The minimum atomic E-state index is -1.66. The summed E-state index contributed by atoms with van der Waals surface area (Å²) in [6.07, 6.45) is 4.86. The molecule has 354 valence electrons. The standard InChI is InChI=1S/C54H55FN8O6/c1-32-28-63(53(66)67)33(2)27-62(32)35-21-24-61(25-22-35)51-58-47-19-16-34(43-29-60(3)50(64)48-41(43)20-23-56-48)26-42(47)49(59-51)54(69-36-17-18-36,45-14-8-9-15-46(45)55)31-57-52(65)68-30-44-39-12-6-4-10-37(39)38-11-5-7-13-40(38)44/h4-16,19-20,23,26,29,32-33,35-36,44,56H,17-18,21-22,24-25,27-28,30-31H2,1-3H3,(H,57,65)(H,66,67)/t32-,33+,54?/m0/s1. The van der Waals surface area contributed by atoms with Crippen molar-refractivity contribution in [1.82, 2.24) is 34.6 Å². The van der Waals surface area contributed by atoms with E-state index in [-0.39, 0.29) is 54.4 Å². The Labute approximate surface area is 398 Å². The number of pyridine rings is 1. The maximum atomic E-state index is 16.8. The number of carbonyl (C=O) groups excluding carboxylic acids is 1. The second-order valence-corrected chi connectivity index (χ2v) is 19.2. The molecule has 2 amide bonds. The minimum Gasteiger partial charge on any atom is -0.465 e. The van der Waals surface area contributed by atoms with Crippen LogP contribution in [-0.2, 0) is 22.1 Å². The van der Waals surface area contributed by atoms with E-state index in [2.05, 4.69) is 51.3 Å². The molecule has 3 atom stereocenters. The molecule has 69 heavy (non-hydrogen) atoms. The summed E-state index contributed by atoms with van der Waals surface area (Å²) in [7, 11) is 1.72. The van der Waals surface area contributed by atoms with Gasteiger partial charge in [0.15, 0.2) is 5.60 Å². The number of aryl methyl sites for hydroxylation is 1. The van der Waals surface area contributed by atoms with Crippen molar-refractivity contribution in [2.24, 2.45) is 7.05 Å². The molecule has 2 aliphatic heterocycles. The van der Waals surface area contributed by atoms with Crippen molar-refractivity contribution in [2.45, 2.75) is 75.3 Å². The van der Waals surface area contributed by atoms with E-state index in [0.29, 0.717) is 54.2 Å². The largest absolute Gasteiger partial charge is 0.465 e. The number of H-pyrrole nitrogens is 1. The van der Waals surface area contributed by atoms with Crippen LogP contribution in [0.3, 0.4) is 0 Å². The molecule has 3 aromatic heterocycles. The maximum absolute atomic E-state index is 16.8. The molecule has 0 spiro atoms. The Hall–Kier alpha value is -7.10. The number of hydrogen-bond acceptors (Lipinski definition) is 9. The van der Waals surface area contributed by atoms with Crippen LogP contribution in [0.15, 0.2) is 114 Å². The van der Waals surface area contributed by atoms with Crippen molar-refractivity contribution in [3.63, 3.8) is 0 Å².